The number of hydrogen-bond donors (Lipinski definition) is 1. The lowest BCUT2D eigenvalue weighted by Crippen LogP contribution is -2.34. The molecule has 1 atom stereocenters. The van der Waals surface area contributed by atoms with Gasteiger partial charge in [0, 0.05) is 17.2 Å². The minimum atomic E-state index is -0.374. The molecule has 4 rings (SSSR count). The fourth-order valence-corrected chi connectivity index (χ4v) is 4.87. The van der Waals surface area contributed by atoms with Crippen LogP contribution in [0.5, 0.6) is 0 Å². The van der Waals surface area contributed by atoms with Crippen molar-refractivity contribution in [1.29, 1.82) is 0 Å². The van der Waals surface area contributed by atoms with E-state index in [9.17, 15) is 9.59 Å². The van der Waals surface area contributed by atoms with E-state index < -0.39 is 0 Å². The van der Waals surface area contributed by atoms with Gasteiger partial charge >= 0.3 is 0 Å². The Hall–Kier alpha value is -1.99. The van der Waals surface area contributed by atoms with Crippen LogP contribution in [0.15, 0.2) is 10.9 Å². The van der Waals surface area contributed by atoms with Gasteiger partial charge in [0.25, 0.3) is 11.5 Å². The van der Waals surface area contributed by atoms with E-state index in [-0.39, 0.29) is 23.1 Å². The van der Waals surface area contributed by atoms with Crippen LogP contribution in [-0.2, 0) is 24.1 Å². The molecule has 1 aliphatic heterocycles. The second-order valence-corrected chi connectivity index (χ2v) is 8.17. The number of ether oxygens (including phenoxy) is 1. The first-order valence-electron chi connectivity index (χ1n) is 9.15. The molecular formula is C19H23N3O3S. The van der Waals surface area contributed by atoms with Crippen LogP contribution in [0.3, 0.4) is 0 Å². The van der Waals surface area contributed by atoms with Crippen LogP contribution in [0.25, 0.3) is 0 Å². The quantitative estimate of drug-likeness (QED) is 0.894. The Labute approximate surface area is 156 Å². The number of thiazole rings is 1. The lowest BCUT2D eigenvalue weighted by atomic mass is 10.1. The zero-order valence-corrected chi connectivity index (χ0v) is 15.9. The molecule has 0 bridgehead atoms. The molecule has 0 aromatic carbocycles. The molecule has 1 saturated heterocycles. The summed E-state index contributed by atoms with van der Waals surface area (Å²) in [6.45, 7) is 4.95. The van der Waals surface area contributed by atoms with E-state index in [0.717, 1.165) is 50.1 Å². The number of carbonyl (C=O) groups is 1. The molecule has 0 spiro atoms. The molecule has 1 amide bonds. The van der Waals surface area contributed by atoms with Crippen molar-refractivity contribution in [3.05, 3.63) is 43.8 Å². The molecule has 1 fully saturated rings. The highest BCUT2D eigenvalue weighted by atomic mass is 32.1. The van der Waals surface area contributed by atoms with Crippen molar-refractivity contribution in [1.82, 2.24) is 9.55 Å². The molecule has 0 saturated carbocycles. The van der Waals surface area contributed by atoms with Crippen molar-refractivity contribution in [2.24, 2.45) is 0 Å². The molecule has 6 nitrogen and oxygen atoms in total. The summed E-state index contributed by atoms with van der Waals surface area (Å²) < 4.78 is 7.33. The van der Waals surface area contributed by atoms with Crippen LogP contribution in [0.1, 0.15) is 51.4 Å². The maximum absolute atomic E-state index is 13.0. The van der Waals surface area contributed by atoms with Gasteiger partial charge in [-0.05, 0) is 57.6 Å². The number of amides is 1. The van der Waals surface area contributed by atoms with Gasteiger partial charge in [-0.25, -0.2) is 4.98 Å². The van der Waals surface area contributed by atoms with Crippen molar-refractivity contribution in [3.8, 4) is 0 Å². The van der Waals surface area contributed by atoms with Crippen LogP contribution >= 0.6 is 11.3 Å². The van der Waals surface area contributed by atoms with Gasteiger partial charge in [0.2, 0.25) is 0 Å². The van der Waals surface area contributed by atoms with Gasteiger partial charge in [0.15, 0.2) is 5.13 Å². The molecule has 2 aromatic heterocycles. The maximum Gasteiger partial charge on any atom is 0.263 e. The second kappa shape index (κ2) is 6.96. The van der Waals surface area contributed by atoms with Crippen LogP contribution in [-0.4, -0.2) is 28.2 Å². The van der Waals surface area contributed by atoms with Crippen molar-refractivity contribution >= 4 is 22.4 Å². The number of nitrogens with zero attached hydrogens (tertiary/aromatic N) is 2. The van der Waals surface area contributed by atoms with E-state index in [0.29, 0.717) is 17.2 Å². The highest BCUT2D eigenvalue weighted by Gasteiger charge is 2.23. The molecular weight excluding hydrogens is 350 g/mol. The van der Waals surface area contributed by atoms with Gasteiger partial charge in [-0.1, -0.05) is 0 Å². The molecule has 1 N–H and O–H groups in total. The predicted octanol–water partition coefficient (Wildman–Crippen LogP) is 2.84. The summed E-state index contributed by atoms with van der Waals surface area (Å²) in [7, 11) is 0. The van der Waals surface area contributed by atoms with Gasteiger partial charge in [0.1, 0.15) is 5.56 Å². The lowest BCUT2D eigenvalue weighted by molar-refractivity contribution is 0.0947. The Balaban J connectivity index is 1.61. The number of carbonyl (C=O) groups excluding carboxylic acids is 1. The first-order chi connectivity index (χ1) is 12.5. The second-order valence-electron chi connectivity index (χ2n) is 7.09. The minimum Gasteiger partial charge on any atom is -0.376 e. The fourth-order valence-electron chi connectivity index (χ4n) is 3.83. The number of rotatable bonds is 4. The smallest absolute Gasteiger partial charge is 0.263 e. The average molecular weight is 373 g/mol. The normalized spacial score (nSPS) is 18.9. The SMILES string of the molecule is Cc1cc(C)n(C[C@H]2CCCO2)c(=O)c1C(=O)Nc1nc2c(s1)CCC2. The van der Waals surface area contributed by atoms with Gasteiger partial charge in [-0.15, -0.1) is 11.3 Å². The largest absolute Gasteiger partial charge is 0.376 e. The van der Waals surface area contributed by atoms with Gasteiger partial charge in [0.05, 0.1) is 18.3 Å². The number of aryl methyl sites for hydroxylation is 4. The molecule has 1 aliphatic carbocycles. The zero-order valence-electron chi connectivity index (χ0n) is 15.1. The summed E-state index contributed by atoms with van der Waals surface area (Å²) in [6.07, 6.45) is 5.15. The van der Waals surface area contributed by atoms with Crippen LogP contribution in [0, 0.1) is 13.8 Å². The summed E-state index contributed by atoms with van der Waals surface area (Å²) in [5, 5.41) is 3.42. The van der Waals surface area contributed by atoms with E-state index in [1.807, 2.05) is 19.9 Å². The Morgan fingerprint density at radius 1 is 1.38 bits per heavy atom. The third-order valence-corrected chi connectivity index (χ3v) is 6.23. The molecule has 0 radical (unpaired) electrons. The fraction of sp³-hybridized carbons (Fsp3) is 0.526. The number of anilines is 1. The van der Waals surface area contributed by atoms with Crippen molar-refractivity contribution in [2.75, 3.05) is 11.9 Å². The van der Waals surface area contributed by atoms with E-state index >= 15 is 0 Å². The molecule has 2 aliphatic rings. The highest BCUT2D eigenvalue weighted by molar-refractivity contribution is 7.16. The van der Waals surface area contributed by atoms with E-state index in [1.165, 1.54) is 16.2 Å². The molecule has 2 aromatic rings. The topological polar surface area (TPSA) is 73.2 Å². The summed E-state index contributed by atoms with van der Waals surface area (Å²) >= 11 is 1.52. The number of aromatic nitrogens is 2. The average Bonchev–Trinajstić information content (AvgIpc) is 3.28. The summed E-state index contributed by atoms with van der Waals surface area (Å²) in [5.41, 5.74) is 2.58. The number of nitrogens with one attached hydrogen (secondary N) is 1. The molecule has 138 valence electrons. The monoisotopic (exact) mass is 373 g/mol. The maximum atomic E-state index is 13.0. The first-order valence-corrected chi connectivity index (χ1v) is 9.97. The zero-order chi connectivity index (χ0) is 18.3. The van der Waals surface area contributed by atoms with Crippen LogP contribution in [0.2, 0.25) is 0 Å². The Bertz CT molecular complexity index is 888. The first kappa shape index (κ1) is 17.4. The van der Waals surface area contributed by atoms with Crippen LogP contribution < -0.4 is 10.9 Å². The third kappa shape index (κ3) is 3.21. The van der Waals surface area contributed by atoms with Crippen molar-refractivity contribution < 1.29 is 9.53 Å². The van der Waals surface area contributed by atoms with Crippen LogP contribution in [0.4, 0.5) is 5.13 Å². The number of hydrogen-bond acceptors (Lipinski definition) is 5. The minimum absolute atomic E-state index is 0.0481. The van der Waals surface area contributed by atoms with Gasteiger partial charge in [-0.3, -0.25) is 14.9 Å². The Morgan fingerprint density at radius 3 is 2.96 bits per heavy atom. The number of pyridine rings is 1. The van der Waals surface area contributed by atoms with E-state index in [1.54, 1.807) is 4.57 Å². The standard InChI is InChI=1S/C19H23N3O3S/c1-11-9-12(2)22(10-13-5-4-8-25-13)18(24)16(11)17(23)21-19-20-14-6-3-7-15(14)26-19/h9,13H,3-8,10H2,1-2H3,(H,20,21,23)/t13-/m1/s1. The number of fused-ring (bicyclic) bond motifs is 1. The summed E-state index contributed by atoms with van der Waals surface area (Å²) in [6, 6.07) is 1.90. The van der Waals surface area contributed by atoms with Crippen molar-refractivity contribution in [2.45, 2.75) is 58.6 Å². The lowest BCUT2D eigenvalue weighted by Gasteiger charge is -2.17. The molecule has 3 heterocycles. The Morgan fingerprint density at radius 2 is 2.23 bits per heavy atom. The van der Waals surface area contributed by atoms with Gasteiger partial charge in [-0.2, -0.15) is 0 Å². The molecule has 7 heteroatoms. The van der Waals surface area contributed by atoms with E-state index in [2.05, 4.69) is 10.3 Å². The van der Waals surface area contributed by atoms with Crippen molar-refractivity contribution in [3.63, 3.8) is 0 Å². The predicted molar refractivity (Wildman–Crippen MR) is 101 cm³/mol. The third-order valence-electron chi connectivity index (χ3n) is 5.16. The summed E-state index contributed by atoms with van der Waals surface area (Å²) in [5.74, 6) is -0.374. The Kier molecular flexibility index (Phi) is 4.67. The van der Waals surface area contributed by atoms with E-state index in [4.69, 9.17) is 4.74 Å². The molecule has 26 heavy (non-hydrogen) atoms. The summed E-state index contributed by atoms with van der Waals surface area (Å²) in [4.78, 5) is 31.5. The highest BCUT2D eigenvalue weighted by Crippen LogP contribution is 2.30. The molecule has 0 unspecified atom stereocenters. The van der Waals surface area contributed by atoms with Gasteiger partial charge < -0.3 is 9.30 Å².